The van der Waals surface area contributed by atoms with E-state index in [9.17, 15) is 4.79 Å². The fourth-order valence-corrected chi connectivity index (χ4v) is 2.32. The predicted octanol–water partition coefficient (Wildman–Crippen LogP) is 1.79. The van der Waals surface area contributed by atoms with Gasteiger partial charge in [-0.1, -0.05) is 12.1 Å². The number of nitrogens with two attached hydrogens (primary N) is 1. The van der Waals surface area contributed by atoms with Crippen LogP contribution >= 0.6 is 0 Å². The van der Waals surface area contributed by atoms with E-state index in [4.69, 9.17) is 10.5 Å². The van der Waals surface area contributed by atoms with Crippen LogP contribution in [0.1, 0.15) is 18.9 Å². The highest BCUT2D eigenvalue weighted by molar-refractivity contribution is 5.89. The van der Waals surface area contributed by atoms with E-state index in [1.54, 1.807) is 11.9 Å². The molecule has 1 fully saturated rings. The van der Waals surface area contributed by atoms with Crippen LogP contribution in [0, 0.1) is 0 Å². The molecule has 0 aliphatic carbocycles. The molecule has 1 aromatic carbocycles. The van der Waals surface area contributed by atoms with Gasteiger partial charge in [0.25, 0.3) is 0 Å². The van der Waals surface area contributed by atoms with Crippen molar-refractivity contribution in [1.29, 1.82) is 0 Å². The average Bonchev–Trinajstić information content (AvgIpc) is 2.85. The van der Waals surface area contributed by atoms with Gasteiger partial charge < -0.3 is 20.7 Å². The van der Waals surface area contributed by atoms with Gasteiger partial charge >= 0.3 is 6.03 Å². The molecular weight excluding hydrogens is 242 g/mol. The van der Waals surface area contributed by atoms with Crippen LogP contribution in [0.3, 0.4) is 0 Å². The van der Waals surface area contributed by atoms with Gasteiger partial charge in [0.15, 0.2) is 0 Å². The van der Waals surface area contributed by atoms with E-state index in [1.165, 1.54) is 0 Å². The van der Waals surface area contributed by atoms with Crippen LogP contribution in [0.2, 0.25) is 0 Å². The zero-order valence-electron chi connectivity index (χ0n) is 11.4. The van der Waals surface area contributed by atoms with Crippen LogP contribution < -0.4 is 11.1 Å². The second-order valence-electron chi connectivity index (χ2n) is 4.87. The molecule has 0 saturated carbocycles. The second-order valence-corrected chi connectivity index (χ2v) is 4.87. The zero-order chi connectivity index (χ0) is 13.8. The highest BCUT2D eigenvalue weighted by atomic mass is 16.5. The average molecular weight is 263 g/mol. The molecule has 0 bridgehead atoms. The van der Waals surface area contributed by atoms with Crippen LogP contribution in [0.4, 0.5) is 10.5 Å². The second kappa shape index (κ2) is 6.04. The normalized spacial score (nSPS) is 22.3. The van der Waals surface area contributed by atoms with Crippen molar-refractivity contribution in [2.75, 3.05) is 19.0 Å². The summed E-state index contributed by atoms with van der Waals surface area (Å²) in [5, 5.41) is 2.88. The molecule has 0 radical (unpaired) electrons. The lowest BCUT2D eigenvalue weighted by Crippen LogP contribution is -2.43. The number of likely N-dealkylation sites (N-methyl/N-ethyl adjacent to an activating group) is 1. The molecule has 19 heavy (non-hydrogen) atoms. The Balaban J connectivity index is 1.95. The van der Waals surface area contributed by atoms with Crippen LogP contribution in [-0.4, -0.2) is 36.7 Å². The van der Waals surface area contributed by atoms with E-state index in [0.29, 0.717) is 13.2 Å². The smallest absolute Gasteiger partial charge is 0.321 e. The maximum absolute atomic E-state index is 12.1. The first-order chi connectivity index (χ1) is 9.11. The van der Waals surface area contributed by atoms with Crippen LogP contribution in [0.5, 0.6) is 0 Å². The van der Waals surface area contributed by atoms with Gasteiger partial charge in [-0.25, -0.2) is 4.79 Å². The molecule has 1 aliphatic heterocycles. The molecule has 2 atom stereocenters. The number of nitrogens with zero attached hydrogens (tertiary/aromatic N) is 1. The van der Waals surface area contributed by atoms with Crippen molar-refractivity contribution in [2.24, 2.45) is 5.73 Å². The Labute approximate surface area is 113 Å². The monoisotopic (exact) mass is 263 g/mol. The SMILES string of the molecule is CC1OCCC1N(C)C(=O)Nc1ccc(CN)cc1. The molecule has 1 heterocycles. The first-order valence-electron chi connectivity index (χ1n) is 6.56. The summed E-state index contributed by atoms with van der Waals surface area (Å²) in [5.41, 5.74) is 7.36. The molecular formula is C14H21N3O2. The number of amides is 2. The van der Waals surface area contributed by atoms with Crippen molar-refractivity contribution < 1.29 is 9.53 Å². The van der Waals surface area contributed by atoms with Gasteiger partial charge in [-0.15, -0.1) is 0 Å². The first-order valence-corrected chi connectivity index (χ1v) is 6.56. The lowest BCUT2D eigenvalue weighted by Gasteiger charge is -2.26. The molecule has 1 aliphatic rings. The van der Waals surface area contributed by atoms with Crippen molar-refractivity contribution in [2.45, 2.75) is 32.0 Å². The number of rotatable bonds is 3. The fourth-order valence-electron chi connectivity index (χ4n) is 2.32. The van der Waals surface area contributed by atoms with Crippen LogP contribution in [0.15, 0.2) is 24.3 Å². The summed E-state index contributed by atoms with van der Waals surface area (Å²) >= 11 is 0. The van der Waals surface area contributed by atoms with Gasteiger partial charge in [0.1, 0.15) is 0 Å². The van der Waals surface area contributed by atoms with Crippen molar-refractivity contribution >= 4 is 11.7 Å². The summed E-state index contributed by atoms with van der Waals surface area (Å²) in [5.74, 6) is 0. The van der Waals surface area contributed by atoms with E-state index in [0.717, 1.165) is 17.7 Å². The van der Waals surface area contributed by atoms with Gasteiger partial charge in [-0.3, -0.25) is 0 Å². The molecule has 5 nitrogen and oxygen atoms in total. The first kappa shape index (κ1) is 13.8. The Hall–Kier alpha value is -1.59. The number of anilines is 1. The third-order valence-electron chi connectivity index (χ3n) is 3.59. The maximum atomic E-state index is 12.1. The topological polar surface area (TPSA) is 67.6 Å². The van der Waals surface area contributed by atoms with E-state index in [2.05, 4.69) is 5.32 Å². The Morgan fingerprint density at radius 1 is 1.47 bits per heavy atom. The van der Waals surface area contributed by atoms with Crippen LogP contribution in [-0.2, 0) is 11.3 Å². The minimum absolute atomic E-state index is 0.0929. The number of hydrogen-bond acceptors (Lipinski definition) is 3. The molecule has 5 heteroatoms. The number of benzene rings is 1. The van der Waals surface area contributed by atoms with E-state index in [-0.39, 0.29) is 18.2 Å². The standard InChI is InChI=1S/C14H21N3O2/c1-10-13(7-8-19-10)17(2)14(18)16-12-5-3-11(9-15)4-6-12/h3-6,10,13H,7-9,15H2,1-2H3,(H,16,18). The molecule has 2 rings (SSSR count). The minimum atomic E-state index is -0.108. The number of ether oxygens (including phenoxy) is 1. The molecule has 3 N–H and O–H groups in total. The Morgan fingerprint density at radius 2 is 2.16 bits per heavy atom. The number of urea groups is 1. The van der Waals surface area contributed by atoms with E-state index in [1.807, 2.05) is 31.2 Å². The fraction of sp³-hybridized carbons (Fsp3) is 0.500. The van der Waals surface area contributed by atoms with E-state index < -0.39 is 0 Å². The van der Waals surface area contributed by atoms with Gasteiger partial charge in [0.2, 0.25) is 0 Å². The molecule has 0 aromatic heterocycles. The molecule has 0 spiro atoms. The molecule has 1 saturated heterocycles. The Kier molecular flexibility index (Phi) is 4.39. The van der Waals surface area contributed by atoms with Gasteiger partial charge in [0.05, 0.1) is 12.1 Å². The number of nitrogens with one attached hydrogen (secondary N) is 1. The van der Waals surface area contributed by atoms with Crippen molar-refractivity contribution in [1.82, 2.24) is 4.90 Å². The van der Waals surface area contributed by atoms with Crippen LogP contribution in [0.25, 0.3) is 0 Å². The van der Waals surface area contributed by atoms with E-state index >= 15 is 0 Å². The predicted molar refractivity (Wildman–Crippen MR) is 74.9 cm³/mol. The van der Waals surface area contributed by atoms with Gasteiger partial charge in [-0.05, 0) is 31.0 Å². The lowest BCUT2D eigenvalue weighted by atomic mass is 10.1. The quantitative estimate of drug-likeness (QED) is 0.873. The molecule has 2 unspecified atom stereocenters. The number of hydrogen-bond donors (Lipinski definition) is 2. The third-order valence-corrected chi connectivity index (χ3v) is 3.59. The van der Waals surface area contributed by atoms with Gasteiger partial charge in [0, 0.05) is 25.9 Å². The van der Waals surface area contributed by atoms with Crippen molar-refractivity contribution in [3.63, 3.8) is 0 Å². The van der Waals surface area contributed by atoms with Gasteiger partial charge in [-0.2, -0.15) is 0 Å². The highest BCUT2D eigenvalue weighted by Gasteiger charge is 2.30. The number of carbonyl (C=O) groups is 1. The van der Waals surface area contributed by atoms with Crippen molar-refractivity contribution in [3.05, 3.63) is 29.8 Å². The largest absolute Gasteiger partial charge is 0.376 e. The zero-order valence-corrected chi connectivity index (χ0v) is 11.4. The summed E-state index contributed by atoms with van der Waals surface area (Å²) in [6.07, 6.45) is 0.979. The molecule has 1 aromatic rings. The number of carbonyl (C=O) groups excluding carboxylic acids is 1. The Morgan fingerprint density at radius 3 is 2.68 bits per heavy atom. The summed E-state index contributed by atoms with van der Waals surface area (Å²) in [4.78, 5) is 13.9. The third kappa shape index (κ3) is 3.24. The molecule has 2 amide bonds. The maximum Gasteiger partial charge on any atom is 0.321 e. The summed E-state index contributed by atoms with van der Waals surface area (Å²) in [7, 11) is 1.80. The lowest BCUT2D eigenvalue weighted by molar-refractivity contribution is 0.0929. The highest BCUT2D eigenvalue weighted by Crippen LogP contribution is 2.19. The van der Waals surface area contributed by atoms with Crippen molar-refractivity contribution in [3.8, 4) is 0 Å². The molecule has 104 valence electrons. The summed E-state index contributed by atoms with van der Waals surface area (Å²) in [6, 6.07) is 7.59. The summed E-state index contributed by atoms with van der Waals surface area (Å²) in [6.45, 7) is 3.22. The minimum Gasteiger partial charge on any atom is -0.376 e. The Bertz CT molecular complexity index is 433. The summed E-state index contributed by atoms with van der Waals surface area (Å²) < 4.78 is 5.48.